The van der Waals surface area contributed by atoms with Crippen molar-refractivity contribution >= 4 is 0 Å². The summed E-state index contributed by atoms with van der Waals surface area (Å²) in [5.74, 6) is 0.599. The molecule has 0 N–H and O–H groups in total. The van der Waals surface area contributed by atoms with E-state index in [-0.39, 0.29) is 0 Å². The summed E-state index contributed by atoms with van der Waals surface area (Å²) in [6.45, 7) is 1.64. The molecule has 117 valence electrons. The number of hydrogen-bond acceptors (Lipinski definition) is 0. The summed E-state index contributed by atoms with van der Waals surface area (Å²) in [5, 5.41) is 0. The summed E-state index contributed by atoms with van der Waals surface area (Å²) in [4.78, 5) is 0. The van der Waals surface area contributed by atoms with Crippen molar-refractivity contribution in [3.63, 3.8) is 0 Å². The molecule has 22 heavy (non-hydrogen) atoms. The zero-order valence-corrected chi connectivity index (χ0v) is 11.4. The van der Waals surface area contributed by atoms with Crippen LogP contribution in [0, 0.1) is 5.92 Å². The molecular weight excluding hydrogens is 306 g/mol. The maximum atomic E-state index is 12.5. The van der Waals surface area contributed by atoms with Gasteiger partial charge in [-0.25, -0.2) is 0 Å². The summed E-state index contributed by atoms with van der Waals surface area (Å²) in [5.41, 5.74) is -0.492. The molecule has 0 aliphatic heterocycles. The van der Waals surface area contributed by atoms with E-state index in [1.165, 1.54) is 24.3 Å². The zero-order chi connectivity index (χ0) is 16.5. The van der Waals surface area contributed by atoms with E-state index in [4.69, 9.17) is 0 Å². The monoisotopic (exact) mass is 317 g/mol. The van der Waals surface area contributed by atoms with E-state index in [1.807, 2.05) is 0 Å². The summed E-state index contributed by atoms with van der Waals surface area (Å²) in [6, 6.07) is 9.00. The minimum Gasteiger partial charge on any atom is -0.166 e. The van der Waals surface area contributed by atoms with Crippen molar-refractivity contribution < 1.29 is 26.3 Å². The molecule has 2 aromatic carbocycles. The van der Waals surface area contributed by atoms with Gasteiger partial charge in [0.25, 0.3) is 0 Å². The molecule has 0 aromatic heterocycles. The van der Waals surface area contributed by atoms with Crippen LogP contribution in [-0.4, -0.2) is 0 Å². The number of alkyl halides is 6. The number of hydrogen-bond donors (Lipinski definition) is 0. The van der Waals surface area contributed by atoms with Gasteiger partial charge in [-0.1, -0.05) is 31.2 Å². The van der Waals surface area contributed by atoms with Crippen LogP contribution in [0.2, 0.25) is 0 Å². The summed E-state index contributed by atoms with van der Waals surface area (Å²) >= 11 is 0. The van der Waals surface area contributed by atoms with Crippen molar-refractivity contribution in [2.24, 2.45) is 0 Å². The molecule has 6 heteroatoms. The third kappa shape index (κ3) is 3.61. The lowest BCUT2D eigenvalue weighted by Crippen LogP contribution is -2.06. The Morgan fingerprint density at radius 3 is 1.09 bits per heavy atom. The van der Waals surface area contributed by atoms with Gasteiger partial charge in [-0.05, 0) is 35.4 Å². The Hall–Kier alpha value is -1.98. The summed E-state index contributed by atoms with van der Waals surface area (Å²) < 4.78 is 74.9. The Labute approximate surface area is 123 Å². The van der Waals surface area contributed by atoms with Crippen LogP contribution in [0.5, 0.6) is 0 Å². The Balaban J connectivity index is 2.23. The smallest absolute Gasteiger partial charge is 0.166 e. The van der Waals surface area contributed by atoms with Gasteiger partial charge in [-0.15, -0.1) is 0 Å². The quantitative estimate of drug-likeness (QED) is 0.622. The Kier molecular flexibility index (Phi) is 4.22. The molecule has 0 unspecified atom stereocenters. The molecule has 0 amide bonds. The van der Waals surface area contributed by atoms with Crippen LogP contribution in [0.15, 0.2) is 48.5 Å². The Morgan fingerprint density at radius 1 is 0.591 bits per heavy atom. The van der Waals surface area contributed by atoms with Gasteiger partial charge >= 0.3 is 12.4 Å². The highest BCUT2D eigenvalue weighted by atomic mass is 19.4. The van der Waals surface area contributed by atoms with Crippen molar-refractivity contribution in [2.45, 2.75) is 19.3 Å². The van der Waals surface area contributed by atoms with Crippen LogP contribution in [-0.2, 0) is 12.4 Å². The molecule has 0 heterocycles. The van der Waals surface area contributed by atoms with E-state index in [0.29, 0.717) is 17.0 Å². The maximum absolute atomic E-state index is 12.5. The van der Waals surface area contributed by atoms with Gasteiger partial charge in [0.1, 0.15) is 0 Å². The normalized spacial score (nSPS) is 12.7. The van der Waals surface area contributed by atoms with Crippen molar-refractivity contribution in [2.75, 3.05) is 0 Å². The van der Waals surface area contributed by atoms with Gasteiger partial charge in [0.15, 0.2) is 0 Å². The van der Waals surface area contributed by atoms with E-state index in [2.05, 4.69) is 0 Å². The molecule has 2 aromatic rings. The SMILES string of the molecule is C[C](c1ccc(C(F)(F)F)cc1)c1ccc(C(F)(F)F)cc1. The fraction of sp³-hybridized carbons (Fsp3) is 0.188. The first-order valence-corrected chi connectivity index (χ1v) is 6.28. The average molecular weight is 317 g/mol. The first-order chi connectivity index (χ1) is 10.1. The van der Waals surface area contributed by atoms with Gasteiger partial charge in [0.2, 0.25) is 0 Å². The Bertz CT molecular complexity index is 562. The second-order valence-electron chi connectivity index (χ2n) is 4.78. The Morgan fingerprint density at radius 2 is 0.864 bits per heavy atom. The van der Waals surface area contributed by atoms with Crippen molar-refractivity contribution in [3.05, 3.63) is 76.7 Å². The molecule has 0 bridgehead atoms. The van der Waals surface area contributed by atoms with Crippen molar-refractivity contribution in [3.8, 4) is 0 Å². The highest BCUT2D eigenvalue weighted by Gasteiger charge is 2.31. The van der Waals surface area contributed by atoms with E-state index < -0.39 is 23.5 Å². The zero-order valence-electron chi connectivity index (χ0n) is 11.4. The van der Waals surface area contributed by atoms with Crippen LogP contribution in [0.1, 0.15) is 29.2 Å². The van der Waals surface area contributed by atoms with Crippen molar-refractivity contribution in [1.29, 1.82) is 0 Å². The van der Waals surface area contributed by atoms with Crippen LogP contribution in [0.25, 0.3) is 0 Å². The second kappa shape index (κ2) is 5.66. The second-order valence-corrected chi connectivity index (χ2v) is 4.78. The van der Waals surface area contributed by atoms with Gasteiger partial charge < -0.3 is 0 Å². The predicted molar refractivity (Wildman–Crippen MR) is 70.0 cm³/mol. The average Bonchev–Trinajstić information content (AvgIpc) is 2.45. The van der Waals surface area contributed by atoms with Crippen LogP contribution in [0.4, 0.5) is 26.3 Å². The molecule has 1 radical (unpaired) electrons. The van der Waals surface area contributed by atoms with Gasteiger partial charge in [0, 0.05) is 5.92 Å². The largest absolute Gasteiger partial charge is 0.416 e. The van der Waals surface area contributed by atoms with Crippen LogP contribution >= 0.6 is 0 Å². The third-order valence-electron chi connectivity index (χ3n) is 3.29. The standard InChI is InChI=1S/C16H11F6/c1-10(11-2-6-13(7-3-11)15(17,18)19)12-4-8-14(9-5-12)16(20,21)22/h2-9H,1H3. The lowest BCUT2D eigenvalue weighted by molar-refractivity contribution is -0.138. The molecule has 0 fully saturated rings. The molecule has 0 nitrogen and oxygen atoms in total. The first kappa shape index (κ1) is 16.4. The number of benzene rings is 2. The molecule has 2 rings (SSSR count). The minimum atomic E-state index is -4.42. The van der Waals surface area contributed by atoms with Gasteiger partial charge in [-0.2, -0.15) is 26.3 Å². The summed E-state index contributed by atoms with van der Waals surface area (Å²) in [6.07, 6.45) is -8.83. The molecule has 0 aliphatic rings. The minimum absolute atomic E-state index is 0.521. The molecule has 0 saturated carbocycles. The molecule has 0 aliphatic carbocycles. The fourth-order valence-corrected chi connectivity index (χ4v) is 1.99. The van der Waals surface area contributed by atoms with E-state index >= 15 is 0 Å². The van der Waals surface area contributed by atoms with Crippen molar-refractivity contribution in [1.82, 2.24) is 0 Å². The lowest BCUT2D eigenvalue weighted by Gasteiger charge is -2.14. The highest BCUT2D eigenvalue weighted by Crippen LogP contribution is 2.33. The van der Waals surface area contributed by atoms with Crippen LogP contribution < -0.4 is 0 Å². The number of halogens is 6. The topological polar surface area (TPSA) is 0 Å². The maximum Gasteiger partial charge on any atom is 0.416 e. The highest BCUT2D eigenvalue weighted by molar-refractivity contribution is 5.46. The van der Waals surface area contributed by atoms with E-state index in [1.54, 1.807) is 6.92 Å². The number of rotatable bonds is 2. The lowest BCUT2D eigenvalue weighted by atomic mass is 9.92. The third-order valence-corrected chi connectivity index (χ3v) is 3.29. The molecular formula is C16H11F6. The summed E-state index contributed by atoms with van der Waals surface area (Å²) in [7, 11) is 0. The predicted octanol–water partition coefficient (Wildman–Crippen LogP) is 5.71. The van der Waals surface area contributed by atoms with Crippen LogP contribution in [0.3, 0.4) is 0 Å². The van der Waals surface area contributed by atoms with Gasteiger partial charge in [-0.3, -0.25) is 0 Å². The van der Waals surface area contributed by atoms with E-state index in [9.17, 15) is 26.3 Å². The van der Waals surface area contributed by atoms with E-state index in [0.717, 1.165) is 24.3 Å². The molecule has 0 spiro atoms. The first-order valence-electron chi connectivity index (χ1n) is 6.28. The van der Waals surface area contributed by atoms with Gasteiger partial charge in [0.05, 0.1) is 11.1 Å². The molecule has 0 saturated heterocycles. The molecule has 0 atom stereocenters. The fourth-order valence-electron chi connectivity index (χ4n) is 1.99.